The Labute approximate surface area is 825 Å². The molecule has 13 aromatic carbocycles. The summed E-state index contributed by atoms with van der Waals surface area (Å²) >= 11 is 0. The van der Waals surface area contributed by atoms with Crippen molar-refractivity contribution in [1.82, 2.24) is 0 Å². The number of halogens is 6. The first-order chi connectivity index (χ1) is 64.3. The van der Waals surface area contributed by atoms with E-state index in [4.69, 9.17) is 9.47 Å². The van der Waals surface area contributed by atoms with Crippen molar-refractivity contribution in [3.8, 4) is 34.1 Å². The second kappa shape index (κ2) is 47.5. The van der Waals surface area contributed by atoms with Crippen LogP contribution in [0.4, 0.5) is 26.3 Å². The third-order valence-corrected chi connectivity index (χ3v) is 32.3. The number of carbonyl (C=O) groups excluding carboxylic acids is 1. The number of ether oxygens (including phenoxy) is 2. The van der Waals surface area contributed by atoms with Gasteiger partial charge >= 0.3 is 12.4 Å². The molecule has 0 heterocycles. The van der Waals surface area contributed by atoms with E-state index in [-0.39, 0.29) is 11.2 Å². The van der Waals surface area contributed by atoms with Gasteiger partial charge < -0.3 is 9.47 Å². The van der Waals surface area contributed by atoms with Crippen molar-refractivity contribution in [1.29, 1.82) is 0 Å². The number of ketones is 1. The van der Waals surface area contributed by atoms with Crippen molar-refractivity contribution in [2.45, 2.75) is 275 Å². The Kier molecular flexibility index (Phi) is 38.6. The van der Waals surface area contributed by atoms with Crippen LogP contribution in [-0.2, 0) is 20.7 Å². The monoisotopic (exact) mass is 1890 g/mol. The minimum atomic E-state index is -5.55. The molecule has 4 unspecified atom stereocenters. The average molecular weight is 1890 g/mol. The number of hydrogen-bond acceptors (Lipinski definition) is 5. The van der Waals surface area contributed by atoms with E-state index in [2.05, 4.69) is 263 Å². The van der Waals surface area contributed by atoms with Crippen LogP contribution < -0.4 is 9.47 Å². The Morgan fingerprint density at radius 3 is 0.717 bits per heavy atom. The highest BCUT2D eigenvalue weighted by Crippen LogP contribution is 2.57. The summed E-state index contributed by atoms with van der Waals surface area (Å²) in [4.78, 5) is 13.1. The number of rotatable bonds is 13. The molecule has 0 N–H and O–H groups in total. The van der Waals surface area contributed by atoms with E-state index in [0.29, 0.717) is 32.0 Å². The van der Waals surface area contributed by atoms with Gasteiger partial charge in [-0.2, -0.15) is 26.3 Å². The highest BCUT2D eigenvalue weighted by Gasteiger charge is 2.72. The van der Waals surface area contributed by atoms with Gasteiger partial charge in [-0.1, -0.05) is 227 Å². The maximum absolute atomic E-state index is 14.0. The van der Waals surface area contributed by atoms with Crippen LogP contribution in [0.1, 0.15) is 247 Å². The predicted molar refractivity (Wildman–Crippen MR) is 568 cm³/mol. The minimum Gasteiger partial charge on any atom is -0.457 e. The fourth-order valence-corrected chi connectivity index (χ4v) is 18.8. The van der Waals surface area contributed by atoms with Gasteiger partial charge in [-0.15, -0.1) is 0 Å². The first kappa shape index (κ1) is 112. The van der Waals surface area contributed by atoms with Gasteiger partial charge in [0.15, 0.2) is 5.78 Å². The van der Waals surface area contributed by atoms with Crippen LogP contribution in [0.25, 0.3) is 11.1 Å². The second-order valence-corrected chi connectivity index (χ2v) is 42.5. The molecule has 0 aliphatic heterocycles. The third kappa shape index (κ3) is 28.1. The molecule has 2 saturated carbocycles. The molecular weight excluding hydrogens is 1740 g/mol. The Balaban J connectivity index is 0.000000201. The lowest BCUT2D eigenvalue weighted by Crippen LogP contribution is -2.54. The lowest BCUT2D eigenvalue weighted by molar-refractivity contribution is -0.288. The van der Waals surface area contributed by atoms with Crippen molar-refractivity contribution in [2.24, 2.45) is 47.3 Å². The molecule has 5 nitrogen and oxygen atoms in total. The fourth-order valence-electron chi connectivity index (χ4n) is 17.4. The molecule has 138 heavy (non-hydrogen) atoms. The molecule has 734 valence electrons. The molecule has 0 amide bonds. The van der Waals surface area contributed by atoms with Gasteiger partial charge in [-0.3, -0.25) is 4.79 Å². The van der Waals surface area contributed by atoms with Crippen molar-refractivity contribution in [2.75, 3.05) is 0 Å². The first-order valence-corrected chi connectivity index (χ1v) is 50.1. The average Bonchev–Trinajstić information content (AvgIpc) is 0.790. The van der Waals surface area contributed by atoms with E-state index >= 15 is 0 Å². The molecule has 15 rings (SSSR count). The van der Waals surface area contributed by atoms with Gasteiger partial charge in [0.05, 0.1) is 9.79 Å². The predicted octanol–water partition coefficient (Wildman–Crippen LogP) is 36.1. The first-order valence-electron chi connectivity index (χ1n) is 48.6. The van der Waals surface area contributed by atoms with E-state index < -0.39 is 38.7 Å². The molecule has 12 heteroatoms. The Bertz CT molecular complexity index is 6060. The summed E-state index contributed by atoms with van der Waals surface area (Å²) in [6.45, 7) is 71.4. The van der Waals surface area contributed by atoms with Crippen molar-refractivity contribution < 1.29 is 49.0 Å². The van der Waals surface area contributed by atoms with Gasteiger partial charge in [-0.05, 0) is 472 Å². The largest absolute Gasteiger partial charge is 0.457 e. The van der Waals surface area contributed by atoms with Crippen molar-refractivity contribution in [3.63, 3.8) is 0 Å². The lowest BCUT2D eigenvalue weighted by Gasteiger charge is -2.45. The highest BCUT2D eigenvalue weighted by molar-refractivity contribution is 7.91. The summed E-state index contributed by atoms with van der Waals surface area (Å²) in [6.07, 6.45) is -9.65. The summed E-state index contributed by atoms with van der Waals surface area (Å²) in [5.41, 5.74) is 27.7. The molecule has 2 aliphatic rings. The van der Waals surface area contributed by atoms with Gasteiger partial charge in [0.2, 0.25) is 15.3 Å². The molecule has 0 radical (unpaired) electrons. The number of benzene rings is 13. The maximum atomic E-state index is 14.0. The van der Waals surface area contributed by atoms with Crippen molar-refractivity contribution in [3.05, 3.63) is 410 Å². The number of hydrogen-bond donors (Lipinski definition) is 0. The number of aryl methyl sites for hydroxylation is 24. The zero-order chi connectivity index (χ0) is 103. The molecule has 0 bridgehead atoms. The Morgan fingerprint density at radius 1 is 0.246 bits per heavy atom. The smallest absolute Gasteiger partial charge is 0.411 e. The van der Waals surface area contributed by atoms with Gasteiger partial charge in [0, 0.05) is 16.5 Å². The standard InChI is InChI=1S/C31H32O2.C19H18F6.C17H18O.C16H18O2S.C16H18.C10H14.C9H18.C8H16/c1-21-7-13-29(19-23(21)3)32-27-15-9-25(10-16-27)31(5,6)26-11-17-28(18-12-26)33-30-14-8-22(2)24(4)20-30;1-11-5-7-15(9-13(11)3)17(18(20,21)22,19(23,24)25)16-8-6-12(2)14(4)10-16;1-11-5-7-15(9-13(11)3)17(18)16-8-6-12(2)14(4)10-16;1-11-5-7-15(9-13(11)3)19(17,18)16-8-6-12(2)14(4)10-16;1-11-5-7-15(9-13(11)3)16-8-6-12(2)14(4)10-16;1-7-5-9(3)10(4)6-8(7)2;1-6-5-7(2)9(4)8(6)3;1-5-6(2)8(4)7(5)3/h7-20H,1-6H3;5-10H,1-4H3;5-10H,1-4H3;5-10H,1-4H3;5-10H,1-4H3;5-6H,1-4H3;6-9H,5H2,1-4H3;5-8H,1-4H3. The van der Waals surface area contributed by atoms with Crippen molar-refractivity contribution >= 4 is 15.6 Å². The number of alkyl halides is 6. The molecule has 4 atom stereocenters. The van der Waals surface area contributed by atoms with Crippen LogP contribution in [0.2, 0.25) is 0 Å². The molecule has 0 spiro atoms. The van der Waals surface area contributed by atoms with E-state index in [1.807, 2.05) is 126 Å². The van der Waals surface area contributed by atoms with Gasteiger partial charge in [-0.25, -0.2) is 8.42 Å². The quantitative estimate of drug-likeness (QED) is 0.0850. The third-order valence-electron chi connectivity index (χ3n) is 30.6. The highest BCUT2D eigenvalue weighted by atomic mass is 32.2. The molecule has 13 aromatic rings. The molecule has 0 saturated heterocycles. The Hall–Kier alpha value is -11.3. The lowest BCUT2D eigenvalue weighted by atomic mass is 9.60. The van der Waals surface area contributed by atoms with Crippen LogP contribution in [0.5, 0.6) is 23.0 Å². The normalized spacial score (nSPS) is 16.6. The summed E-state index contributed by atoms with van der Waals surface area (Å²) in [5.74, 6) is 11.3. The van der Waals surface area contributed by atoms with Crippen LogP contribution >= 0.6 is 0 Å². The van der Waals surface area contributed by atoms with Crippen LogP contribution in [0.3, 0.4) is 0 Å². The van der Waals surface area contributed by atoms with Gasteiger partial charge in [0.1, 0.15) is 23.0 Å². The molecular formula is C126H152F6O5S. The summed E-state index contributed by atoms with van der Waals surface area (Å²) in [7, 11) is -3.42. The number of sulfone groups is 1. The molecule has 2 aliphatic carbocycles. The van der Waals surface area contributed by atoms with E-state index in [0.717, 1.165) is 139 Å². The molecule has 0 aromatic heterocycles. The van der Waals surface area contributed by atoms with E-state index in [1.54, 1.807) is 38.1 Å². The summed E-state index contributed by atoms with van der Waals surface area (Å²) in [6, 6.07) is 75.6. The fraction of sp³-hybridized carbons (Fsp3) is 0.373. The zero-order valence-electron chi connectivity index (χ0n) is 88.6. The van der Waals surface area contributed by atoms with Gasteiger partial charge in [0.25, 0.3) is 0 Å². The Morgan fingerprint density at radius 2 is 0.471 bits per heavy atom. The number of carbonyl (C=O) groups is 1. The second-order valence-electron chi connectivity index (χ2n) is 40.6. The topological polar surface area (TPSA) is 69.7 Å². The SMILES string of the molecule is CC1C(C)C(C)C1C.CC1CC(C)C(C)C1C.Cc1cc(C)c(C)cc1C.Cc1ccc(-c2ccc(C)c(C)c2)cc1C.Cc1ccc(C(=O)c2ccc(C)c(C)c2)cc1C.Cc1ccc(C(c2ccc(C)c(C)c2)(C(F)(F)F)C(F)(F)F)cc1C.Cc1ccc(Oc2ccc(C(C)(C)c3ccc(Oc4ccc(C)c(C)c4)cc3)cc2)cc1C.Cc1ccc(S(=O)(=O)c2ccc(C)c(C)c2)cc1C. The van der Waals surface area contributed by atoms with E-state index in [9.17, 15) is 39.6 Å². The van der Waals surface area contributed by atoms with E-state index in [1.165, 1.54) is 133 Å². The zero-order valence-corrected chi connectivity index (χ0v) is 89.5. The van der Waals surface area contributed by atoms with Crippen LogP contribution in [0, 0.1) is 214 Å². The molecule has 2 fully saturated rings. The minimum absolute atomic E-state index is 0.0983. The van der Waals surface area contributed by atoms with Crippen LogP contribution in [0.15, 0.2) is 252 Å². The summed E-state index contributed by atoms with van der Waals surface area (Å²) < 4.78 is 121. The maximum Gasteiger partial charge on any atom is 0.411 e. The van der Waals surface area contributed by atoms with Crippen LogP contribution in [-0.4, -0.2) is 26.6 Å². The summed E-state index contributed by atoms with van der Waals surface area (Å²) in [5, 5.41) is 0.